The number of hydrogen-bond acceptors (Lipinski definition) is 2. The van der Waals surface area contributed by atoms with E-state index in [-0.39, 0.29) is 18.4 Å². The molecule has 0 saturated heterocycles. The first-order chi connectivity index (χ1) is 7.18. The van der Waals surface area contributed by atoms with Crippen molar-refractivity contribution in [2.45, 2.75) is 6.04 Å². The van der Waals surface area contributed by atoms with Gasteiger partial charge >= 0.3 is 0 Å². The summed E-state index contributed by atoms with van der Waals surface area (Å²) in [5.41, 5.74) is 8.07. The van der Waals surface area contributed by atoms with Gasteiger partial charge in [0.25, 0.3) is 0 Å². The first-order valence-corrected chi connectivity index (χ1v) is 6.11. The Balaban J connectivity index is 0.00000128. The molecule has 0 unspecified atom stereocenters. The van der Waals surface area contributed by atoms with E-state index in [9.17, 15) is 0 Å². The zero-order valence-electron chi connectivity index (χ0n) is 8.19. The summed E-state index contributed by atoms with van der Waals surface area (Å²) in [7, 11) is 0. The average molecular weight is 295 g/mol. The molecule has 0 fully saturated rings. The molecule has 2 N–H and O–H groups in total. The zero-order valence-corrected chi connectivity index (χ0v) is 11.3. The van der Waals surface area contributed by atoms with Crippen molar-refractivity contribution in [2.24, 2.45) is 5.73 Å². The summed E-state index contributed by atoms with van der Waals surface area (Å²) in [5, 5.41) is 5.26. The molecular weight excluding hydrogens is 285 g/mol. The van der Waals surface area contributed by atoms with Gasteiger partial charge in [-0.2, -0.15) is 11.3 Å². The third-order valence-corrected chi connectivity index (χ3v) is 3.46. The van der Waals surface area contributed by atoms with Crippen LogP contribution in [0.25, 0.3) is 0 Å². The molecule has 5 heteroatoms. The Kier molecular flexibility index (Phi) is 5.09. The van der Waals surface area contributed by atoms with Gasteiger partial charge in [-0.3, -0.25) is 0 Å². The third-order valence-electron chi connectivity index (χ3n) is 2.20. The van der Waals surface area contributed by atoms with Crippen LogP contribution in [0.3, 0.4) is 0 Å². The minimum absolute atomic E-state index is 0. The van der Waals surface area contributed by atoms with Gasteiger partial charge in [-0.1, -0.05) is 29.3 Å². The van der Waals surface area contributed by atoms with Crippen molar-refractivity contribution in [3.8, 4) is 0 Å². The van der Waals surface area contributed by atoms with Crippen molar-refractivity contribution >= 4 is 46.9 Å². The second kappa shape index (κ2) is 5.89. The van der Waals surface area contributed by atoms with Crippen molar-refractivity contribution in [3.63, 3.8) is 0 Å². The first kappa shape index (κ1) is 13.8. The van der Waals surface area contributed by atoms with E-state index >= 15 is 0 Å². The summed E-state index contributed by atoms with van der Waals surface area (Å²) in [6.07, 6.45) is 0. The topological polar surface area (TPSA) is 26.0 Å². The Hall–Kier alpha value is -0.250. The maximum Gasteiger partial charge on any atom is 0.0574 e. The summed E-state index contributed by atoms with van der Waals surface area (Å²) in [4.78, 5) is 0. The summed E-state index contributed by atoms with van der Waals surface area (Å²) in [5.74, 6) is 0. The molecule has 0 radical (unpaired) electrons. The molecule has 16 heavy (non-hydrogen) atoms. The highest BCUT2D eigenvalue weighted by Crippen LogP contribution is 2.29. The minimum Gasteiger partial charge on any atom is -0.320 e. The van der Waals surface area contributed by atoms with E-state index in [0.29, 0.717) is 10.0 Å². The van der Waals surface area contributed by atoms with E-state index in [1.807, 2.05) is 22.9 Å². The molecule has 1 atom stereocenters. The van der Waals surface area contributed by atoms with Crippen LogP contribution < -0.4 is 5.73 Å². The second-order valence-electron chi connectivity index (χ2n) is 3.20. The summed E-state index contributed by atoms with van der Waals surface area (Å²) in [6.45, 7) is 0. The molecule has 0 aliphatic heterocycles. The van der Waals surface area contributed by atoms with Crippen molar-refractivity contribution in [1.82, 2.24) is 0 Å². The van der Waals surface area contributed by atoms with Crippen LogP contribution in [0, 0.1) is 0 Å². The van der Waals surface area contributed by atoms with Gasteiger partial charge in [-0.15, -0.1) is 12.4 Å². The number of nitrogens with two attached hydrogens (primary N) is 1. The molecule has 0 aliphatic carbocycles. The molecule has 86 valence electrons. The number of thiophene rings is 1. The first-order valence-electron chi connectivity index (χ1n) is 4.41. The number of hydrogen-bond donors (Lipinski definition) is 1. The van der Waals surface area contributed by atoms with E-state index in [0.717, 1.165) is 11.1 Å². The number of benzene rings is 1. The van der Waals surface area contributed by atoms with Gasteiger partial charge in [0.05, 0.1) is 6.04 Å². The van der Waals surface area contributed by atoms with E-state index in [4.69, 9.17) is 28.9 Å². The summed E-state index contributed by atoms with van der Waals surface area (Å²) < 4.78 is 0. The van der Waals surface area contributed by atoms with Crippen LogP contribution in [0.1, 0.15) is 17.2 Å². The Morgan fingerprint density at radius 1 is 1.19 bits per heavy atom. The molecule has 0 amide bonds. The van der Waals surface area contributed by atoms with Gasteiger partial charge < -0.3 is 5.73 Å². The molecule has 2 aromatic rings. The Bertz CT molecular complexity index is 456. The molecular formula is C11H10Cl3NS. The highest BCUT2D eigenvalue weighted by molar-refractivity contribution is 7.08. The molecule has 2 rings (SSSR count). The van der Waals surface area contributed by atoms with Crippen LogP contribution in [0.4, 0.5) is 0 Å². The molecule has 0 bridgehead atoms. The fourth-order valence-corrected chi connectivity index (χ4v) is 2.61. The van der Waals surface area contributed by atoms with Crippen molar-refractivity contribution in [3.05, 3.63) is 56.2 Å². The van der Waals surface area contributed by atoms with E-state index < -0.39 is 0 Å². The molecule has 1 aromatic heterocycles. The van der Waals surface area contributed by atoms with Crippen molar-refractivity contribution in [1.29, 1.82) is 0 Å². The fourth-order valence-electron chi connectivity index (χ4n) is 1.39. The van der Waals surface area contributed by atoms with Crippen LogP contribution in [-0.2, 0) is 0 Å². The lowest BCUT2D eigenvalue weighted by Gasteiger charge is -2.12. The van der Waals surface area contributed by atoms with Gasteiger partial charge in [-0.05, 0) is 40.1 Å². The van der Waals surface area contributed by atoms with E-state index in [2.05, 4.69) is 0 Å². The second-order valence-corrected chi connectivity index (χ2v) is 4.82. The standard InChI is InChI=1S/C11H9Cl2NS.ClH/c12-8-1-2-9(10(13)5-8)11(14)7-3-4-15-6-7;/h1-6,11H,14H2;1H/t11-;/m1./s1. The van der Waals surface area contributed by atoms with Gasteiger partial charge in [0.1, 0.15) is 0 Å². The largest absolute Gasteiger partial charge is 0.320 e. The van der Waals surface area contributed by atoms with Gasteiger partial charge in [0.15, 0.2) is 0 Å². The van der Waals surface area contributed by atoms with E-state index in [1.165, 1.54) is 0 Å². The van der Waals surface area contributed by atoms with Gasteiger partial charge in [0, 0.05) is 10.0 Å². The molecule has 1 aromatic carbocycles. The normalized spacial score (nSPS) is 11.9. The van der Waals surface area contributed by atoms with Crippen LogP contribution in [-0.4, -0.2) is 0 Å². The Morgan fingerprint density at radius 3 is 2.50 bits per heavy atom. The van der Waals surface area contributed by atoms with E-state index in [1.54, 1.807) is 23.5 Å². The van der Waals surface area contributed by atoms with Crippen LogP contribution in [0.2, 0.25) is 10.0 Å². The van der Waals surface area contributed by atoms with Crippen LogP contribution in [0.5, 0.6) is 0 Å². The third kappa shape index (κ3) is 2.90. The lowest BCUT2D eigenvalue weighted by molar-refractivity contribution is 0.877. The lowest BCUT2D eigenvalue weighted by atomic mass is 10.0. The molecule has 0 saturated carbocycles. The summed E-state index contributed by atoms with van der Waals surface area (Å²) in [6, 6.07) is 7.20. The van der Waals surface area contributed by atoms with Crippen LogP contribution in [0.15, 0.2) is 35.0 Å². The van der Waals surface area contributed by atoms with Crippen molar-refractivity contribution in [2.75, 3.05) is 0 Å². The predicted molar refractivity (Wildman–Crippen MR) is 74.1 cm³/mol. The quantitative estimate of drug-likeness (QED) is 0.865. The highest BCUT2D eigenvalue weighted by Gasteiger charge is 2.12. The maximum atomic E-state index is 6.09. The Morgan fingerprint density at radius 2 is 1.94 bits per heavy atom. The number of halogens is 3. The summed E-state index contributed by atoms with van der Waals surface area (Å²) >= 11 is 13.5. The minimum atomic E-state index is -0.180. The molecule has 1 nitrogen and oxygen atoms in total. The molecule has 0 spiro atoms. The maximum absolute atomic E-state index is 6.09. The highest BCUT2D eigenvalue weighted by atomic mass is 35.5. The monoisotopic (exact) mass is 293 g/mol. The molecule has 0 aliphatic rings. The van der Waals surface area contributed by atoms with Crippen molar-refractivity contribution < 1.29 is 0 Å². The van der Waals surface area contributed by atoms with Gasteiger partial charge in [-0.25, -0.2) is 0 Å². The Labute approximate surface area is 115 Å². The van der Waals surface area contributed by atoms with Crippen LogP contribution >= 0.6 is 46.9 Å². The number of rotatable bonds is 2. The molecule has 1 heterocycles. The fraction of sp³-hybridized carbons (Fsp3) is 0.0909. The zero-order chi connectivity index (χ0) is 10.8. The smallest absolute Gasteiger partial charge is 0.0574 e. The van der Waals surface area contributed by atoms with Gasteiger partial charge in [0.2, 0.25) is 0 Å². The predicted octanol–water partition coefficient (Wildman–Crippen LogP) is 4.52. The lowest BCUT2D eigenvalue weighted by Crippen LogP contribution is -2.11. The average Bonchev–Trinajstić information content (AvgIpc) is 2.69. The SMILES string of the molecule is Cl.N[C@H](c1ccsc1)c1ccc(Cl)cc1Cl.